The van der Waals surface area contributed by atoms with Crippen molar-refractivity contribution >= 4 is 0 Å². The van der Waals surface area contributed by atoms with Gasteiger partial charge in [-0.1, -0.05) is 20.3 Å². The summed E-state index contributed by atoms with van der Waals surface area (Å²) in [5.74, 6) is 2.25. The van der Waals surface area contributed by atoms with E-state index in [-0.39, 0.29) is 5.41 Å². The molecular weight excluding hydrogens is 200 g/mol. The van der Waals surface area contributed by atoms with Crippen molar-refractivity contribution in [2.24, 2.45) is 5.73 Å². The van der Waals surface area contributed by atoms with Crippen molar-refractivity contribution < 1.29 is 0 Å². The van der Waals surface area contributed by atoms with Gasteiger partial charge in [-0.3, -0.25) is 0 Å². The Hall–Kier alpha value is -0.900. The SMILES string of the molecule is CCC(C)(CN)c1nnc2n1CCCCC2. The highest BCUT2D eigenvalue weighted by atomic mass is 15.3. The molecule has 2 N–H and O–H groups in total. The minimum atomic E-state index is -0.0183. The fourth-order valence-corrected chi connectivity index (χ4v) is 2.33. The maximum atomic E-state index is 5.90. The molecule has 4 nitrogen and oxygen atoms in total. The highest BCUT2D eigenvalue weighted by molar-refractivity contribution is 5.10. The Morgan fingerprint density at radius 2 is 2.12 bits per heavy atom. The summed E-state index contributed by atoms with van der Waals surface area (Å²) in [6.07, 6.45) is 5.86. The molecule has 0 aliphatic carbocycles. The van der Waals surface area contributed by atoms with E-state index in [2.05, 4.69) is 28.6 Å². The van der Waals surface area contributed by atoms with Crippen molar-refractivity contribution in [2.45, 2.75) is 57.9 Å². The average Bonchev–Trinajstić information content (AvgIpc) is 2.58. The Morgan fingerprint density at radius 1 is 1.31 bits per heavy atom. The van der Waals surface area contributed by atoms with Gasteiger partial charge < -0.3 is 10.3 Å². The lowest BCUT2D eigenvalue weighted by Gasteiger charge is -2.26. The molecule has 2 heterocycles. The summed E-state index contributed by atoms with van der Waals surface area (Å²) in [6, 6.07) is 0. The number of rotatable bonds is 3. The fourth-order valence-electron chi connectivity index (χ4n) is 2.33. The van der Waals surface area contributed by atoms with Gasteiger partial charge in [0.1, 0.15) is 11.6 Å². The van der Waals surface area contributed by atoms with Gasteiger partial charge in [0.15, 0.2) is 0 Å². The molecule has 0 aromatic carbocycles. The molecule has 90 valence electrons. The fraction of sp³-hybridized carbons (Fsp3) is 0.833. The number of fused-ring (bicyclic) bond motifs is 1. The first-order valence-corrected chi connectivity index (χ1v) is 6.34. The maximum Gasteiger partial charge on any atom is 0.140 e. The van der Waals surface area contributed by atoms with Crippen LogP contribution in [0.1, 0.15) is 51.2 Å². The molecule has 0 spiro atoms. The van der Waals surface area contributed by atoms with E-state index in [9.17, 15) is 0 Å². The van der Waals surface area contributed by atoms with Gasteiger partial charge in [-0.15, -0.1) is 10.2 Å². The minimum absolute atomic E-state index is 0.0183. The number of hydrogen-bond acceptors (Lipinski definition) is 3. The van der Waals surface area contributed by atoms with E-state index in [1.54, 1.807) is 0 Å². The Bertz CT molecular complexity index is 352. The lowest BCUT2D eigenvalue weighted by molar-refractivity contribution is 0.409. The first-order valence-electron chi connectivity index (χ1n) is 6.34. The summed E-state index contributed by atoms with van der Waals surface area (Å²) in [6.45, 7) is 6.06. The normalized spacial score (nSPS) is 19.9. The highest BCUT2D eigenvalue weighted by Crippen LogP contribution is 2.27. The van der Waals surface area contributed by atoms with Crippen molar-refractivity contribution in [2.75, 3.05) is 6.54 Å². The third-order valence-corrected chi connectivity index (χ3v) is 3.88. The zero-order chi connectivity index (χ0) is 11.6. The lowest BCUT2D eigenvalue weighted by atomic mass is 9.86. The molecular formula is C12H22N4. The third kappa shape index (κ3) is 1.86. The van der Waals surface area contributed by atoms with Gasteiger partial charge in [0.25, 0.3) is 0 Å². The Balaban J connectivity index is 2.38. The van der Waals surface area contributed by atoms with E-state index in [1.807, 2.05) is 0 Å². The average molecular weight is 222 g/mol. The zero-order valence-electron chi connectivity index (χ0n) is 10.4. The van der Waals surface area contributed by atoms with Gasteiger partial charge >= 0.3 is 0 Å². The second-order valence-corrected chi connectivity index (χ2v) is 5.02. The highest BCUT2D eigenvalue weighted by Gasteiger charge is 2.30. The molecule has 1 aromatic heterocycles. The number of aryl methyl sites for hydroxylation is 1. The molecule has 1 unspecified atom stereocenters. The van der Waals surface area contributed by atoms with Crippen LogP contribution < -0.4 is 5.73 Å². The van der Waals surface area contributed by atoms with Crippen LogP contribution >= 0.6 is 0 Å². The quantitative estimate of drug-likeness (QED) is 0.845. The molecule has 0 saturated heterocycles. The van der Waals surface area contributed by atoms with Crippen LogP contribution in [0.2, 0.25) is 0 Å². The van der Waals surface area contributed by atoms with Gasteiger partial charge in [0, 0.05) is 24.9 Å². The Kier molecular flexibility index (Phi) is 3.28. The number of hydrogen-bond donors (Lipinski definition) is 1. The van der Waals surface area contributed by atoms with Gasteiger partial charge in [-0.2, -0.15) is 0 Å². The monoisotopic (exact) mass is 222 g/mol. The number of nitrogens with zero attached hydrogens (tertiary/aromatic N) is 3. The van der Waals surface area contributed by atoms with Gasteiger partial charge in [-0.25, -0.2) is 0 Å². The molecule has 0 radical (unpaired) electrons. The van der Waals surface area contributed by atoms with E-state index in [1.165, 1.54) is 19.3 Å². The molecule has 1 aliphatic rings. The van der Waals surface area contributed by atoms with Crippen molar-refractivity contribution in [1.29, 1.82) is 0 Å². The largest absolute Gasteiger partial charge is 0.329 e. The molecule has 1 aromatic rings. The van der Waals surface area contributed by atoms with Crippen LogP contribution in [0.3, 0.4) is 0 Å². The second kappa shape index (κ2) is 4.53. The topological polar surface area (TPSA) is 56.7 Å². The maximum absolute atomic E-state index is 5.90. The zero-order valence-corrected chi connectivity index (χ0v) is 10.4. The van der Waals surface area contributed by atoms with E-state index < -0.39 is 0 Å². The van der Waals surface area contributed by atoms with Gasteiger partial charge in [0.2, 0.25) is 0 Å². The van der Waals surface area contributed by atoms with Crippen molar-refractivity contribution in [3.05, 3.63) is 11.6 Å². The smallest absolute Gasteiger partial charge is 0.140 e. The summed E-state index contributed by atoms with van der Waals surface area (Å²) < 4.78 is 2.31. The molecule has 1 aliphatic heterocycles. The van der Waals surface area contributed by atoms with E-state index >= 15 is 0 Å². The van der Waals surface area contributed by atoms with Crippen LogP contribution in [0.15, 0.2) is 0 Å². The molecule has 4 heteroatoms. The van der Waals surface area contributed by atoms with E-state index in [4.69, 9.17) is 5.73 Å². The Labute approximate surface area is 97.2 Å². The van der Waals surface area contributed by atoms with Gasteiger partial charge in [-0.05, 0) is 19.3 Å². The Morgan fingerprint density at radius 3 is 2.81 bits per heavy atom. The van der Waals surface area contributed by atoms with Crippen molar-refractivity contribution in [3.8, 4) is 0 Å². The van der Waals surface area contributed by atoms with E-state index in [0.717, 1.165) is 31.0 Å². The first-order chi connectivity index (χ1) is 7.71. The molecule has 1 atom stereocenters. The molecule has 16 heavy (non-hydrogen) atoms. The summed E-state index contributed by atoms with van der Waals surface area (Å²) >= 11 is 0. The molecule has 0 bridgehead atoms. The van der Waals surface area contributed by atoms with Gasteiger partial charge in [0.05, 0.1) is 0 Å². The predicted octanol–water partition coefficient (Wildman–Crippen LogP) is 1.63. The predicted molar refractivity (Wildman–Crippen MR) is 64.3 cm³/mol. The van der Waals surface area contributed by atoms with Crippen molar-refractivity contribution in [1.82, 2.24) is 14.8 Å². The second-order valence-electron chi connectivity index (χ2n) is 5.02. The lowest BCUT2D eigenvalue weighted by Crippen LogP contribution is -2.34. The van der Waals surface area contributed by atoms with Crippen LogP contribution in [-0.4, -0.2) is 21.3 Å². The standard InChI is InChI=1S/C12H22N4/c1-3-12(2,9-13)11-15-14-10-7-5-4-6-8-16(10)11/h3-9,13H2,1-2H3. The summed E-state index contributed by atoms with van der Waals surface area (Å²) in [5.41, 5.74) is 5.88. The third-order valence-electron chi connectivity index (χ3n) is 3.88. The van der Waals surface area contributed by atoms with Crippen molar-refractivity contribution in [3.63, 3.8) is 0 Å². The van der Waals surface area contributed by atoms with Crippen LogP contribution in [-0.2, 0) is 18.4 Å². The van der Waals surface area contributed by atoms with E-state index in [0.29, 0.717) is 6.54 Å². The molecule has 2 rings (SSSR count). The number of nitrogens with two attached hydrogens (primary N) is 1. The van der Waals surface area contributed by atoms with Crippen LogP contribution in [0, 0.1) is 0 Å². The number of aromatic nitrogens is 3. The van der Waals surface area contributed by atoms with Crippen LogP contribution in [0.25, 0.3) is 0 Å². The summed E-state index contributed by atoms with van der Waals surface area (Å²) in [5, 5.41) is 8.72. The molecule has 0 amide bonds. The van der Waals surface area contributed by atoms with Crippen LogP contribution in [0.5, 0.6) is 0 Å². The molecule has 0 fully saturated rings. The molecule has 0 saturated carbocycles. The summed E-state index contributed by atoms with van der Waals surface area (Å²) in [4.78, 5) is 0. The summed E-state index contributed by atoms with van der Waals surface area (Å²) in [7, 11) is 0. The minimum Gasteiger partial charge on any atom is -0.329 e. The van der Waals surface area contributed by atoms with Crippen LogP contribution in [0.4, 0.5) is 0 Å². The first kappa shape index (κ1) is 11.6.